The van der Waals surface area contributed by atoms with Gasteiger partial charge >= 0.3 is 0 Å². The van der Waals surface area contributed by atoms with Crippen molar-refractivity contribution in [2.45, 2.75) is 46.1 Å². The van der Waals surface area contributed by atoms with Crippen LogP contribution in [-0.2, 0) is 19.7 Å². The fourth-order valence-electron chi connectivity index (χ4n) is 3.36. The Bertz CT molecular complexity index is 987. The number of ether oxygens (including phenoxy) is 1. The molecule has 0 spiro atoms. The van der Waals surface area contributed by atoms with E-state index in [0.29, 0.717) is 16.2 Å². The normalized spacial score (nSPS) is 14.7. The van der Waals surface area contributed by atoms with Crippen molar-refractivity contribution in [3.05, 3.63) is 70.4 Å². The first-order chi connectivity index (χ1) is 14.6. The van der Waals surface area contributed by atoms with E-state index in [-0.39, 0.29) is 42.2 Å². The van der Waals surface area contributed by atoms with Crippen LogP contribution in [-0.4, -0.2) is 36.0 Å². The number of benzene rings is 2. The molecular weight excluding hydrogens is 412 g/mol. The van der Waals surface area contributed by atoms with Crippen molar-refractivity contribution in [3.63, 3.8) is 0 Å². The van der Waals surface area contributed by atoms with Crippen molar-refractivity contribution in [2.75, 3.05) is 18.5 Å². The smallest absolute Gasteiger partial charge is 0.278 e. The SMILES string of the molecule is CC(C)OCCN1C(=O)C(Nc2ccc(C(C)(C)C)cc2)=C(c2ccc(Cl)cc2)C1=O. The number of hydrogen-bond acceptors (Lipinski definition) is 4. The Morgan fingerprint density at radius 3 is 2.13 bits per heavy atom. The van der Waals surface area contributed by atoms with Crippen molar-refractivity contribution >= 4 is 34.7 Å². The molecule has 3 rings (SSSR count). The van der Waals surface area contributed by atoms with Gasteiger partial charge in [-0.25, -0.2) is 0 Å². The molecule has 0 saturated heterocycles. The number of halogens is 1. The fourth-order valence-corrected chi connectivity index (χ4v) is 3.48. The maximum atomic E-state index is 13.2. The van der Waals surface area contributed by atoms with E-state index in [1.54, 1.807) is 24.3 Å². The number of rotatable bonds is 7. The Balaban J connectivity index is 1.93. The standard InChI is InChI=1S/C25H29ClN2O3/c1-16(2)31-15-14-28-23(29)21(17-6-10-19(26)11-7-17)22(24(28)30)27-20-12-8-18(9-13-20)25(3,4)5/h6-13,16,27H,14-15H2,1-5H3. The van der Waals surface area contributed by atoms with Crippen molar-refractivity contribution in [1.82, 2.24) is 4.90 Å². The first-order valence-electron chi connectivity index (χ1n) is 10.4. The highest BCUT2D eigenvalue weighted by Gasteiger charge is 2.39. The molecule has 31 heavy (non-hydrogen) atoms. The lowest BCUT2D eigenvalue weighted by atomic mass is 9.87. The van der Waals surface area contributed by atoms with Crippen LogP contribution in [0.3, 0.4) is 0 Å². The Hall–Kier alpha value is -2.63. The maximum Gasteiger partial charge on any atom is 0.278 e. The number of anilines is 1. The predicted molar refractivity (Wildman–Crippen MR) is 125 cm³/mol. The van der Waals surface area contributed by atoms with Crippen molar-refractivity contribution in [1.29, 1.82) is 0 Å². The minimum Gasteiger partial charge on any atom is -0.377 e. The molecule has 1 aliphatic rings. The molecule has 0 aliphatic carbocycles. The molecule has 2 aromatic carbocycles. The average molecular weight is 441 g/mol. The molecule has 0 aromatic heterocycles. The molecule has 2 aromatic rings. The number of carbonyl (C=O) groups is 2. The number of hydrogen-bond donors (Lipinski definition) is 1. The molecule has 1 N–H and O–H groups in total. The summed E-state index contributed by atoms with van der Waals surface area (Å²) in [5.41, 5.74) is 3.20. The Morgan fingerprint density at radius 1 is 0.968 bits per heavy atom. The molecule has 1 aliphatic heterocycles. The zero-order chi connectivity index (χ0) is 22.8. The summed E-state index contributed by atoms with van der Waals surface area (Å²) in [5, 5.41) is 3.75. The number of imide groups is 1. The minimum atomic E-state index is -0.359. The lowest BCUT2D eigenvalue weighted by molar-refractivity contribution is -0.137. The van der Waals surface area contributed by atoms with Crippen molar-refractivity contribution in [3.8, 4) is 0 Å². The maximum absolute atomic E-state index is 13.2. The van der Waals surface area contributed by atoms with Crippen LogP contribution in [0.2, 0.25) is 5.02 Å². The first kappa shape index (κ1) is 23.0. The summed E-state index contributed by atoms with van der Waals surface area (Å²) in [5.74, 6) is -0.698. The summed E-state index contributed by atoms with van der Waals surface area (Å²) in [6, 6.07) is 14.8. The lowest BCUT2D eigenvalue weighted by Gasteiger charge is -2.19. The molecule has 0 atom stereocenters. The van der Waals surface area contributed by atoms with Gasteiger partial charge in [0.15, 0.2) is 0 Å². The second-order valence-electron chi connectivity index (χ2n) is 8.89. The quantitative estimate of drug-likeness (QED) is 0.597. The summed E-state index contributed by atoms with van der Waals surface area (Å²) in [4.78, 5) is 27.6. The van der Waals surface area contributed by atoms with Gasteiger partial charge in [0, 0.05) is 10.7 Å². The Labute approximate surface area is 189 Å². The highest BCUT2D eigenvalue weighted by atomic mass is 35.5. The first-order valence-corrected chi connectivity index (χ1v) is 10.8. The van der Waals surface area contributed by atoms with Gasteiger partial charge in [0.25, 0.3) is 11.8 Å². The number of amides is 2. The summed E-state index contributed by atoms with van der Waals surface area (Å²) in [7, 11) is 0. The molecule has 0 fully saturated rings. The van der Waals surface area contributed by atoms with Gasteiger partial charge in [0.2, 0.25) is 0 Å². The van der Waals surface area contributed by atoms with Gasteiger partial charge in [-0.05, 0) is 54.7 Å². The predicted octanol–water partition coefficient (Wildman–Crippen LogP) is 5.25. The van der Waals surface area contributed by atoms with Gasteiger partial charge in [-0.1, -0.05) is 56.6 Å². The molecule has 0 radical (unpaired) electrons. The molecule has 164 valence electrons. The molecule has 0 unspecified atom stereocenters. The van der Waals surface area contributed by atoms with Crippen LogP contribution < -0.4 is 5.32 Å². The van der Waals surface area contributed by atoms with Gasteiger partial charge in [0.1, 0.15) is 5.70 Å². The van der Waals surface area contributed by atoms with Crippen LogP contribution in [0.4, 0.5) is 5.69 Å². The zero-order valence-electron chi connectivity index (χ0n) is 18.7. The second-order valence-corrected chi connectivity index (χ2v) is 9.33. The number of carbonyl (C=O) groups excluding carboxylic acids is 2. The topological polar surface area (TPSA) is 58.6 Å². The monoisotopic (exact) mass is 440 g/mol. The summed E-state index contributed by atoms with van der Waals surface area (Å²) in [6.45, 7) is 10.8. The molecule has 6 heteroatoms. The third-order valence-corrected chi connectivity index (χ3v) is 5.34. The summed E-state index contributed by atoms with van der Waals surface area (Å²) >= 11 is 6.02. The molecule has 0 saturated carbocycles. The van der Waals surface area contributed by atoms with E-state index in [0.717, 1.165) is 5.69 Å². The van der Waals surface area contributed by atoms with E-state index in [4.69, 9.17) is 16.3 Å². The third-order valence-electron chi connectivity index (χ3n) is 5.09. The Morgan fingerprint density at radius 2 is 1.58 bits per heavy atom. The van der Waals surface area contributed by atoms with Crippen LogP contribution >= 0.6 is 11.6 Å². The van der Waals surface area contributed by atoms with Crippen molar-refractivity contribution < 1.29 is 14.3 Å². The zero-order valence-corrected chi connectivity index (χ0v) is 19.4. The van der Waals surface area contributed by atoms with E-state index in [1.807, 2.05) is 38.1 Å². The molecular formula is C25H29ClN2O3. The number of nitrogens with one attached hydrogen (secondary N) is 1. The van der Waals surface area contributed by atoms with E-state index >= 15 is 0 Å². The molecule has 2 amide bonds. The van der Waals surface area contributed by atoms with Crippen LogP contribution in [0.15, 0.2) is 54.2 Å². The van der Waals surface area contributed by atoms with Crippen LogP contribution in [0.5, 0.6) is 0 Å². The van der Waals surface area contributed by atoms with E-state index in [9.17, 15) is 9.59 Å². The van der Waals surface area contributed by atoms with Crippen LogP contribution in [0.1, 0.15) is 45.7 Å². The molecule has 0 bridgehead atoms. The molecule has 5 nitrogen and oxygen atoms in total. The minimum absolute atomic E-state index is 0.0235. The summed E-state index contributed by atoms with van der Waals surface area (Å²) in [6.07, 6.45) is 0.0235. The van der Waals surface area contributed by atoms with E-state index < -0.39 is 0 Å². The number of nitrogens with zero attached hydrogens (tertiary/aromatic N) is 1. The summed E-state index contributed by atoms with van der Waals surface area (Å²) < 4.78 is 5.55. The van der Waals surface area contributed by atoms with Gasteiger partial charge in [0.05, 0.1) is 24.8 Å². The Kier molecular flexibility index (Phi) is 6.87. The highest BCUT2D eigenvalue weighted by Crippen LogP contribution is 2.32. The largest absolute Gasteiger partial charge is 0.377 e. The lowest BCUT2D eigenvalue weighted by Crippen LogP contribution is -2.35. The average Bonchev–Trinajstić information content (AvgIpc) is 2.92. The van der Waals surface area contributed by atoms with Gasteiger partial charge in [-0.2, -0.15) is 0 Å². The van der Waals surface area contributed by atoms with Crippen molar-refractivity contribution in [2.24, 2.45) is 0 Å². The van der Waals surface area contributed by atoms with E-state index in [2.05, 4.69) is 26.1 Å². The van der Waals surface area contributed by atoms with Crippen LogP contribution in [0.25, 0.3) is 5.57 Å². The van der Waals surface area contributed by atoms with Gasteiger partial charge in [-0.3, -0.25) is 14.5 Å². The highest BCUT2D eigenvalue weighted by molar-refractivity contribution is 6.36. The van der Waals surface area contributed by atoms with Gasteiger partial charge in [-0.15, -0.1) is 0 Å². The van der Waals surface area contributed by atoms with Crippen LogP contribution in [0, 0.1) is 0 Å². The van der Waals surface area contributed by atoms with Gasteiger partial charge < -0.3 is 10.1 Å². The third kappa shape index (κ3) is 5.35. The molecule has 1 heterocycles. The van der Waals surface area contributed by atoms with E-state index in [1.165, 1.54) is 10.5 Å². The fraction of sp³-hybridized carbons (Fsp3) is 0.360. The second kappa shape index (κ2) is 9.25.